The molecule has 0 unspecified atom stereocenters. The van der Waals surface area contributed by atoms with Crippen molar-refractivity contribution < 1.29 is 17.9 Å². The van der Waals surface area contributed by atoms with Gasteiger partial charge in [0.2, 0.25) is 10.0 Å². The molecule has 3 rings (SSSR count). The lowest BCUT2D eigenvalue weighted by atomic mass is 10.2. The Labute approximate surface area is 171 Å². The standard InChI is InChI=1S/C16H17Cl2N3O4S2/c1-2-27(23,24)21-6-5-12-14(8-21)26-16(19-12)20-15(22)9-25-13-4-3-10(17)7-11(13)18/h3-4,7H,2,5-6,8-9H2,1H3,(H,19,20,22). The maximum atomic E-state index is 12.1. The van der Waals surface area contributed by atoms with E-state index in [1.54, 1.807) is 19.1 Å². The minimum atomic E-state index is -3.24. The van der Waals surface area contributed by atoms with E-state index < -0.39 is 10.0 Å². The van der Waals surface area contributed by atoms with E-state index in [9.17, 15) is 13.2 Å². The Morgan fingerprint density at radius 2 is 2.19 bits per heavy atom. The molecule has 1 aromatic heterocycles. The van der Waals surface area contributed by atoms with Crippen LogP contribution in [0.3, 0.4) is 0 Å². The third kappa shape index (κ3) is 4.91. The van der Waals surface area contributed by atoms with Crippen LogP contribution in [0, 0.1) is 0 Å². The molecule has 0 fully saturated rings. The fourth-order valence-electron chi connectivity index (χ4n) is 2.54. The number of carbonyl (C=O) groups excluding carboxylic acids is 1. The largest absolute Gasteiger partial charge is 0.482 e. The number of nitrogens with one attached hydrogen (secondary N) is 1. The van der Waals surface area contributed by atoms with E-state index in [0.29, 0.717) is 33.9 Å². The molecule has 1 aromatic carbocycles. The van der Waals surface area contributed by atoms with Crippen molar-refractivity contribution in [2.24, 2.45) is 0 Å². The summed E-state index contributed by atoms with van der Waals surface area (Å²) in [6.45, 7) is 2.08. The van der Waals surface area contributed by atoms with Gasteiger partial charge in [-0.15, -0.1) is 11.3 Å². The zero-order valence-corrected chi connectivity index (χ0v) is 17.5. The van der Waals surface area contributed by atoms with Crippen LogP contribution in [0.15, 0.2) is 18.2 Å². The zero-order chi connectivity index (χ0) is 19.6. The second-order valence-corrected chi connectivity index (χ2v) is 9.97. The van der Waals surface area contributed by atoms with Gasteiger partial charge >= 0.3 is 0 Å². The van der Waals surface area contributed by atoms with Gasteiger partial charge in [-0.1, -0.05) is 23.2 Å². The number of ether oxygens (including phenoxy) is 1. The molecule has 0 radical (unpaired) electrons. The van der Waals surface area contributed by atoms with Crippen molar-refractivity contribution in [3.63, 3.8) is 0 Å². The maximum Gasteiger partial charge on any atom is 0.264 e. The SMILES string of the molecule is CCS(=O)(=O)N1CCc2nc(NC(=O)COc3ccc(Cl)cc3Cl)sc2C1. The Kier molecular flexibility index (Phi) is 6.27. The Bertz CT molecular complexity index is 963. The van der Waals surface area contributed by atoms with Crippen molar-refractivity contribution in [3.05, 3.63) is 38.8 Å². The number of benzene rings is 1. The summed E-state index contributed by atoms with van der Waals surface area (Å²) in [5.41, 5.74) is 0.819. The van der Waals surface area contributed by atoms with Crippen LogP contribution in [0.4, 0.5) is 5.13 Å². The Balaban J connectivity index is 1.60. The van der Waals surface area contributed by atoms with Gasteiger partial charge in [-0.05, 0) is 25.1 Å². The second-order valence-electron chi connectivity index (χ2n) is 5.78. The average Bonchev–Trinajstić information content (AvgIpc) is 3.02. The van der Waals surface area contributed by atoms with Crippen LogP contribution >= 0.6 is 34.5 Å². The lowest BCUT2D eigenvalue weighted by Crippen LogP contribution is -2.36. The summed E-state index contributed by atoms with van der Waals surface area (Å²) in [6, 6.07) is 4.73. The van der Waals surface area contributed by atoms with Gasteiger partial charge in [0.15, 0.2) is 11.7 Å². The van der Waals surface area contributed by atoms with Gasteiger partial charge in [0.05, 0.1) is 16.5 Å². The molecule has 0 atom stereocenters. The van der Waals surface area contributed by atoms with Gasteiger partial charge in [0, 0.05) is 29.4 Å². The lowest BCUT2D eigenvalue weighted by Gasteiger charge is -2.24. The predicted octanol–water partition coefficient (Wildman–Crippen LogP) is 3.18. The van der Waals surface area contributed by atoms with E-state index in [-0.39, 0.29) is 24.8 Å². The smallest absolute Gasteiger partial charge is 0.264 e. The number of hydrogen-bond acceptors (Lipinski definition) is 6. The first kappa shape index (κ1) is 20.3. The van der Waals surface area contributed by atoms with E-state index in [1.165, 1.54) is 21.7 Å². The van der Waals surface area contributed by atoms with Gasteiger partial charge in [0.25, 0.3) is 5.91 Å². The van der Waals surface area contributed by atoms with Crippen LogP contribution < -0.4 is 10.1 Å². The minimum Gasteiger partial charge on any atom is -0.482 e. The Morgan fingerprint density at radius 1 is 1.41 bits per heavy atom. The molecule has 7 nitrogen and oxygen atoms in total. The van der Waals surface area contributed by atoms with Crippen molar-refractivity contribution in [2.45, 2.75) is 19.9 Å². The summed E-state index contributed by atoms with van der Waals surface area (Å²) < 4.78 is 30.9. The van der Waals surface area contributed by atoms with E-state index in [4.69, 9.17) is 27.9 Å². The van der Waals surface area contributed by atoms with Crippen LogP contribution in [0.1, 0.15) is 17.5 Å². The highest BCUT2D eigenvalue weighted by Gasteiger charge is 2.28. The van der Waals surface area contributed by atoms with Gasteiger partial charge in [0.1, 0.15) is 5.75 Å². The van der Waals surface area contributed by atoms with E-state index in [1.807, 2.05) is 0 Å². The molecule has 0 spiro atoms. The Morgan fingerprint density at radius 3 is 2.89 bits per heavy atom. The first-order valence-corrected chi connectivity index (χ1v) is 11.3. The van der Waals surface area contributed by atoms with Crippen LogP contribution in [-0.2, 0) is 27.8 Å². The van der Waals surface area contributed by atoms with Crippen LogP contribution in [-0.4, -0.2) is 42.5 Å². The van der Waals surface area contributed by atoms with Crippen LogP contribution in [0.5, 0.6) is 5.75 Å². The molecule has 146 valence electrons. The van der Waals surface area contributed by atoms with Gasteiger partial charge in [-0.25, -0.2) is 13.4 Å². The molecule has 2 aromatic rings. The molecule has 0 aliphatic carbocycles. The summed E-state index contributed by atoms with van der Waals surface area (Å²) in [6.07, 6.45) is 0.526. The van der Waals surface area contributed by atoms with Gasteiger partial charge in [-0.2, -0.15) is 4.31 Å². The molecule has 0 saturated heterocycles. The number of rotatable bonds is 6. The molecule has 0 bridgehead atoms. The molecule has 11 heteroatoms. The Hall–Kier alpha value is -1.39. The van der Waals surface area contributed by atoms with Gasteiger partial charge < -0.3 is 4.74 Å². The van der Waals surface area contributed by atoms with Crippen molar-refractivity contribution in [1.82, 2.24) is 9.29 Å². The summed E-state index contributed by atoms with van der Waals surface area (Å²) in [4.78, 5) is 17.3. The number of thiazole rings is 1. The van der Waals surface area contributed by atoms with Gasteiger partial charge in [-0.3, -0.25) is 10.1 Å². The molecule has 1 aliphatic heterocycles. The van der Waals surface area contributed by atoms with Crippen molar-refractivity contribution in [2.75, 3.05) is 24.2 Å². The van der Waals surface area contributed by atoms with Crippen LogP contribution in [0.2, 0.25) is 10.0 Å². The number of nitrogens with zero attached hydrogens (tertiary/aromatic N) is 2. The summed E-state index contributed by atoms with van der Waals surface area (Å²) in [5.74, 6) is 0.0372. The van der Waals surface area contributed by atoms with E-state index >= 15 is 0 Å². The topological polar surface area (TPSA) is 88.6 Å². The first-order chi connectivity index (χ1) is 12.8. The summed E-state index contributed by atoms with van der Waals surface area (Å²) >= 11 is 13.1. The summed E-state index contributed by atoms with van der Waals surface area (Å²) in [7, 11) is -3.24. The number of fused-ring (bicyclic) bond motifs is 1. The highest BCUT2D eigenvalue weighted by molar-refractivity contribution is 7.89. The predicted molar refractivity (Wildman–Crippen MR) is 106 cm³/mol. The number of hydrogen-bond donors (Lipinski definition) is 1. The molecule has 1 N–H and O–H groups in total. The number of sulfonamides is 1. The molecule has 27 heavy (non-hydrogen) atoms. The molecule has 2 heterocycles. The van der Waals surface area contributed by atoms with Crippen molar-refractivity contribution in [3.8, 4) is 5.75 Å². The van der Waals surface area contributed by atoms with Crippen molar-refractivity contribution >= 4 is 55.6 Å². The second kappa shape index (κ2) is 8.32. The number of anilines is 1. The van der Waals surface area contributed by atoms with Crippen LogP contribution in [0.25, 0.3) is 0 Å². The third-order valence-corrected chi connectivity index (χ3v) is 7.31. The fraction of sp³-hybridized carbons (Fsp3) is 0.375. The first-order valence-electron chi connectivity index (χ1n) is 8.12. The molecular weight excluding hydrogens is 433 g/mol. The van der Waals surface area contributed by atoms with E-state index in [2.05, 4.69) is 10.3 Å². The fourth-order valence-corrected chi connectivity index (χ4v) is 5.18. The molecule has 1 aliphatic rings. The number of halogens is 2. The average molecular weight is 450 g/mol. The lowest BCUT2D eigenvalue weighted by molar-refractivity contribution is -0.118. The number of carbonyl (C=O) groups is 1. The molecule has 1 amide bonds. The monoisotopic (exact) mass is 449 g/mol. The van der Waals surface area contributed by atoms with E-state index in [0.717, 1.165) is 10.6 Å². The maximum absolute atomic E-state index is 12.1. The highest BCUT2D eigenvalue weighted by atomic mass is 35.5. The summed E-state index contributed by atoms with van der Waals surface area (Å²) in [5, 5.41) is 3.89. The zero-order valence-electron chi connectivity index (χ0n) is 14.4. The highest BCUT2D eigenvalue weighted by Crippen LogP contribution is 2.30. The molecular formula is C16H17Cl2N3O4S2. The minimum absolute atomic E-state index is 0.0648. The number of amides is 1. The normalized spacial score (nSPS) is 14.6. The number of aromatic nitrogens is 1. The molecule has 0 saturated carbocycles. The third-order valence-electron chi connectivity index (χ3n) is 3.95. The quantitative estimate of drug-likeness (QED) is 0.731. The van der Waals surface area contributed by atoms with Crippen molar-refractivity contribution in [1.29, 1.82) is 0 Å².